The number of aliphatic hydroxyl groups is 1. The van der Waals surface area contributed by atoms with Gasteiger partial charge in [0.25, 0.3) is 0 Å². The molecule has 6 nitrogen and oxygen atoms in total. The summed E-state index contributed by atoms with van der Waals surface area (Å²) in [6.07, 6.45) is -0.472. The van der Waals surface area contributed by atoms with Crippen LogP contribution in [0.25, 0.3) is 0 Å². The second kappa shape index (κ2) is 7.89. The molecule has 0 spiro atoms. The Labute approximate surface area is 165 Å². The number of methoxy groups -OCH3 is 1. The molecule has 0 amide bonds. The Morgan fingerprint density at radius 1 is 1.11 bits per heavy atom. The van der Waals surface area contributed by atoms with Crippen LogP contribution in [0.4, 0.5) is 0 Å². The van der Waals surface area contributed by atoms with E-state index in [4.69, 9.17) is 18.9 Å². The van der Waals surface area contributed by atoms with Crippen LogP contribution in [0.1, 0.15) is 36.6 Å². The molecule has 0 aliphatic carbocycles. The van der Waals surface area contributed by atoms with Gasteiger partial charge in [0.05, 0.1) is 13.2 Å². The van der Waals surface area contributed by atoms with Gasteiger partial charge in [-0.05, 0) is 41.3 Å². The lowest BCUT2D eigenvalue weighted by Crippen LogP contribution is -2.25. The van der Waals surface area contributed by atoms with Gasteiger partial charge in [0.2, 0.25) is 12.5 Å². The van der Waals surface area contributed by atoms with E-state index >= 15 is 0 Å². The molecule has 6 heteroatoms. The third kappa shape index (κ3) is 3.75. The summed E-state index contributed by atoms with van der Waals surface area (Å²) in [7, 11) is 1.64. The van der Waals surface area contributed by atoms with E-state index in [1.807, 2.05) is 38.1 Å². The first-order valence-corrected chi connectivity index (χ1v) is 9.67. The molecule has 2 heterocycles. The fraction of sp³-hybridized carbons (Fsp3) is 0.455. The van der Waals surface area contributed by atoms with Crippen LogP contribution in [0, 0.1) is 5.92 Å². The number of aliphatic hydroxyl groups excluding tert-OH is 1. The first-order chi connectivity index (χ1) is 13.5. The third-order valence-corrected chi connectivity index (χ3v) is 5.24. The van der Waals surface area contributed by atoms with Crippen LogP contribution in [0.5, 0.6) is 23.0 Å². The standard InChI is InChI=1S/C22H27NO5/c1-14(2)21(24)16-4-5-18-17(10-16)12-23(6-7-26-18)11-15-8-19(25-3)22-20(9-15)27-13-28-22/h4-5,8-10,14,21,24H,6-7,11-13H2,1-3H3. The predicted molar refractivity (Wildman–Crippen MR) is 105 cm³/mol. The van der Waals surface area contributed by atoms with Crippen LogP contribution >= 0.6 is 0 Å². The first-order valence-electron chi connectivity index (χ1n) is 9.67. The average molecular weight is 385 g/mol. The molecule has 2 aromatic carbocycles. The van der Waals surface area contributed by atoms with Crippen molar-refractivity contribution in [3.05, 3.63) is 47.0 Å². The highest BCUT2D eigenvalue weighted by atomic mass is 16.7. The summed E-state index contributed by atoms with van der Waals surface area (Å²) >= 11 is 0. The van der Waals surface area contributed by atoms with Crippen molar-refractivity contribution in [2.45, 2.75) is 33.0 Å². The highest BCUT2D eigenvalue weighted by molar-refractivity contribution is 5.55. The highest BCUT2D eigenvalue weighted by Gasteiger charge is 2.23. The highest BCUT2D eigenvalue weighted by Crippen LogP contribution is 2.42. The Balaban J connectivity index is 1.55. The lowest BCUT2D eigenvalue weighted by Gasteiger charge is -2.21. The smallest absolute Gasteiger partial charge is 0.231 e. The Morgan fingerprint density at radius 2 is 1.96 bits per heavy atom. The molecule has 0 saturated heterocycles. The summed E-state index contributed by atoms with van der Waals surface area (Å²) in [5, 5.41) is 10.4. The summed E-state index contributed by atoms with van der Waals surface area (Å²) in [4.78, 5) is 2.33. The van der Waals surface area contributed by atoms with Crippen LogP contribution in [-0.2, 0) is 13.1 Å². The molecule has 150 valence electrons. The number of hydrogen-bond donors (Lipinski definition) is 1. The minimum atomic E-state index is -0.472. The molecule has 2 aliphatic heterocycles. The molecule has 4 rings (SSSR count). The van der Waals surface area contributed by atoms with E-state index in [0.717, 1.165) is 47.8 Å². The molecule has 1 N–H and O–H groups in total. The number of ether oxygens (including phenoxy) is 4. The summed E-state index contributed by atoms with van der Waals surface area (Å²) < 4.78 is 22.4. The van der Waals surface area contributed by atoms with E-state index in [1.165, 1.54) is 0 Å². The molecule has 0 aromatic heterocycles. The Bertz CT molecular complexity index is 851. The fourth-order valence-corrected chi connectivity index (χ4v) is 3.71. The lowest BCUT2D eigenvalue weighted by molar-refractivity contribution is 0.126. The van der Waals surface area contributed by atoms with Crippen molar-refractivity contribution in [1.29, 1.82) is 0 Å². The van der Waals surface area contributed by atoms with Gasteiger partial charge in [0.15, 0.2) is 11.5 Å². The second-order valence-corrected chi connectivity index (χ2v) is 7.65. The van der Waals surface area contributed by atoms with Crippen molar-refractivity contribution < 1.29 is 24.1 Å². The van der Waals surface area contributed by atoms with Gasteiger partial charge in [0, 0.05) is 25.2 Å². The maximum absolute atomic E-state index is 10.4. The number of benzene rings is 2. The minimum Gasteiger partial charge on any atom is -0.493 e. The van der Waals surface area contributed by atoms with Crippen LogP contribution in [0.15, 0.2) is 30.3 Å². The SMILES string of the molecule is COc1cc(CN2CCOc3ccc(C(O)C(C)C)cc3C2)cc2c1OCO2. The van der Waals surface area contributed by atoms with E-state index in [1.54, 1.807) is 7.11 Å². The minimum absolute atomic E-state index is 0.168. The predicted octanol–water partition coefficient (Wildman–Crippen LogP) is 3.51. The van der Waals surface area contributed by atoms with E-state index in [9.17, 15) is 5.11 Å². The van der Waals surface area contributed by atoms with Gasteiger partial charge in [-0.3, -0.25) is 4.90 Å². The summed E-state index contributed by atoms with van der Waals surface area (Å²) in [5.74, 6) is 3.15. The molecule has 0 radical (unpaired) electrons. The topological polar surface area (TPSA) is 60.4 Å². The van der Waals surface area contributed by atoms with Crippen molar-refractivity contribution >= 4 is 0 Å². The second-order valence-electron chi connectivity index (χ2n) is 7.65. The Kier molecular flexibility index (Phi) is 5.33. The van der Waals surface area contributed by atoms with E-state index in [0.29, 0.717) is 18.1 Å². The van der Waals surface area contributed by atoms with Crippen molar-refractivity contribution in [2.75, 3.05) is 27.1 Å². The van der Waals surface area contributed by atoms with E-state index < -0.39 is 6.10 Å². The fourth-order valence-electron chi connectivity index (χ4n) is 3.71. The van der Waals surface area contributed by atoms with E-state index in [-0.39, 0.29) is 12.7 Å². The van der Waals surface area contributed by atoms with Crippen LogP contribution in [0.2, 0.25) is 0 Å². The zero-order valence-electron chi connectivity index (χ0n) is 16.6. The Morgan fingerprint density at radius 3 is 2.75 bits per heavy atom. The molecular formula is C22H27NO5. The molecule has 0 saturated carbocycles. The number of hydrogen-bond acceptors (Lipinski definition) is 6. The van der Waals surface area contributed by atoms with Crippen molar-refractivity contribution in [1.82, 2.24) is 4.90 Å². The largest absolute Gasteiger partial charge is 0.493 e. The normalized spacial score (nSPS) is 17.0. The number of rotatable bonds is 5. The van der Waals surface area contributed by atoms with Crippen LogP contribution in [0.3, 0.4) is 0 Å². The first kappa shape index (κ1) is 18.9. The van der Waals surface area contributed by atoms with Gasteiger partial charge >= 0.3 is 0 Å². The van der Waals surface area contributed by atoms with Gasteiger partial charge in [-0.25, -0.2) is 0 Å². The van der Waals surface area contributed by atoms with Gasteiger partial charge in [0.1, 0.15) is 12.4 Å². The molecule has 0 bridgehead atoms. The van der Waals surface area contributed by atoms with Crippen LogP contribution < -0.4 is 18.9 Å². The zero-order chi connectivity index (χ0) is 19.7. The summed E-state index contributed by atoms with van der Waals surface area (Å²) in [6.45, 7) is 7.20. The van der Waals surface area contributed by atoms with Gasteiger partial charge in [-0.2, -0.15) is 0 Å². The summed E-state index contributed by atoms with van der Waals surface area (Å²) in [5.41, 5.74) is 3.13. The van der Waals surface area contributed by atoms with Crippen LogP contribution in [-0.4, -0.2) is 37.1 Å². The molecule has 1 atom stereocenters. The maximum Gasteiger partial charge on any atom is 0.231 e. The van der Waals surface area contributed by atoms with Crippen molar-refractivity contribution in [2.24, 2.45) is 5.92 Å². The molecule has 28 heavy (non-hydrogen) atoms. The van der Waals surface area contributed by atoms with Gasteiger partial charge < -0.3 is 24.1 Å². The molecule has 2 aromatic rings. The number of nitrogens with zero attached hydrogens (tertiary/aromatic N) is 1. The van der Waals surface area contributed by atoms with Gasteiger partial charge in [-0.15, -0.1) is 0 Å². The maximum atomic E-state index is 10.4. The van der Waals surface area contributed by atoms with Gasteiger partial charge in [-0.1, -0.05) is 19.9 Å². The molecular weight excluding hydrogens is 358 g/mol. The molecule has 1 unspecified atom stereocenters. The zero-order valence-corrected chi connectivity index (χ0v) is 16.6. The van der Waals surface area contributed by atoms with Crippen molar-refractivity contribution in [3.8, 4) is 23.0 Å². The summed E-state index contributed by atoms with van der Waals surface area (Å²) in [6, 6.07) is 10.0. The quantitative estimate of drug-likeness (QED) is 0.850. The monoisotopic (exact) mass is 385 g/mol. The average Bonchev–Trinajstić information content (AvgIpc) is 3.06. The third-order valence-electron chi connectivity index (χ3n) is 5.24. The lowest BCUT2D eigenvalue weighted by atomic mass is 9.97. The molecule has 0 fully saturated rings. The molecule has 2 aliphatic rings. The Hall–Kier alpha value is -2.44. The van der Waals surface area contributed by atoms with E-state index in [2.05, 4.69) is 11.0 Å². The number of fused-ring (bicyclic) bond motifs is 2. The van der Waals surface area contributed by atoms with Crippen molar-refractivity contribution in [3.63, 3.8) is 0 Å².